The van der Waals surface area contributed by atoms with Crippen LogP contribution in [-0.4, -0.2) is 47.8 Å². The van der Waals surface area contributed by atoms with Crippen LogP contribution >= 0.6 is 0 Å². The summed E-state index contributed by atoms with van der Waals surface area (Å²) < 4.78 is 5.31. The fourth-order valence-electron chi connectivity index (χ4n) is 2.42. The first-order valence-corrected chi connectivity index (χ1v) is 6.92. The van der Waals surface area contributed by atoms with Crippen LogP contribution in [0.5, 0.6) is 0 Å². The van der Waals surface area contributed by atoms with Crippen molar-refractivity contribution in [1.82, 2.24) is 20.4 Å². The van der Waals surface area contributed by atoms with Crippen LogP contribution in [0.2, 0.25) is 0 Å². The first-order chi connectivity index (χ1) is 8.70. The lowest BCUT2D eigenvalue weighted by Crippen LogP contribution is -2.28. The fourth-order valence-corrected chi connectivity index (χ4v) is 2.42. The van der Waals surface area contributed by atoms with E-state index in [0.29, 0.717) is 12.0 Å². The average molecular weight is 252 g/mol. The molecular formula is C13H24N4O. The van der Waals surface area contributed by atoms with Crippen molar-refractivity contribution in [2.24, 2.45) is 0 Å². The van der Waals surface area contributed by atoms with Gasteiger partial charge in [0, 0.05) is 24.9 Å². The second-order valence-electron chi connectivity index (χ2n) is 5.33. The van der Waals surface area contributed by atoms with Gasteiger partial charge in [-0.25, -0.2) is 0 Å². The Kier molecular flexibility index (Phi) is 4.72. The van der Waals surface area contributed by atoms with Gasteiger partial charge < -0.3 is 14.7 Å². The van der Waals surface area contributed by atoms with E-state index >= 15 is 0 Å². The predicted molar refractivity (Wildman–Crippen MR) is 70.6 cm³/mol. The second-order valence-corrected chi connectivity index (χ2v) is 5.33. The summed E-state index contributed by atoms with van der Waals surface area (Å²) in [6.45, 7) is 7.67. The van der Waals surface area contributed by atoms with E-state index in [2.05, 4.69) is 34.2 Å². The molecule has 5 heteroatoms. The van der Waals surface area contributed by atoms with Gasteiger partial charge in [-0.05, 0) is 46.8 Å². The van der Waals surface area contributed by atoms with Gasteiger partial charge in [-0.2, -0.15) is 4.98 Å². The van der Waals surface area contributed by atoms with Gasteiger partial charge in [0.25, 0.3) is 0 Å². The number of nitrogens with one attached hydrogen (secondary N) is 1. The summed E-state index contributed by atoms with van der Waals surface area (Å²) in [6.07, 6.45) is 3.06. The Morgan fingerprint density at radius 1 is 1.50 bits per heavy atom. The van der Waals surface area contributed by atoms with Crippen LogP contribution in [0.25, 0.3) is 0 Å². The van der Waals surface area contributed by atoms with Gasteiger partial charge in [0.1, 0.15) is 0 Å². The van der Waals surface area contributed by atoms with Gasteiger partial charge in [-0.15, -0.1) is 0 Å². The molecule has 1 saturated heterocycles. The standard InChI is InChI=1S/C13H24N4O/c1-10(2)17-8-6-11(9-17)13-15-12(18-16-13)5-4-7-14-3/h10-11,14H,4-9H2,1-3H3. The lowest BCUT2D eigenvalue weighted by molar-refractivity contribution is 0.271. The average Bonchev–Trinajstić information content (AvgIpc) is 2.97. The smallest absolute Gasteiger partial charge is 0.226 e. The molecule has 0 aromatic carbocycles. The van der Waals surface area contributed by atoms with Crippen LogP contribution in [0.15, 0.2) is 4.52 Å². The molecule has 1 atom stereocenters. The maximum atomic E-state index is 5.31. The highest BCUT2D eigenvalue weighted by atomic mass is 16.5. The molecule has 102 valence electrons. The number of aromatic nitrogens is 2. The molecule has 2 heterocycles. The number of hydrogen-bond donors (Lipinski definition) is 1. The molecule has 18 heavy (non-hydrogen) atoms. The van der Waals surface area contributed by atoms with Gasteiger partial charge in [-0.3, -0.25) is 0 Å². The minimum absolute atomic E-state index is 0.453. The van der Waals surface area contributed by atoms with Crippen molar-refractivity contribution >= 4 is 0 Å². The molecule has 0 bridgehead atoms. The molecule has 1 aromatic heterocycles. The summed E-state index contributed by atoms with van der Waals surface area (Å²) in [6, 6.07) is 0.608. The number of rotatable bonds is 6. The molecule has 2 rings (SSSR count). The van der Waals surface area contributed by atoms with Gasteiger partial charge >= 0.3 is 0 Å². The zero-order chi connectivity index (χ0) is 13.0. The first kappa shape index (κ1) is 13.5. The Balaban J connectivity index is 1.86. The van der Waals surface area contributed by atoms with E-state index in [0.717, 1.165) is 50.6 Å². The number of hydrogen-bond acceptors (Lipinski definition) is 5. The summed E-state index contributed by atoms with van der Waals surface area (Å²) in [5.74, 6) is 2.13. The van der Waals surface area contributed by atoms with Gasteiger partial charge in [0.2, 0.25) is 5.89 Å². The van der Waals surface area contributed by atoms with Crippen LogP contribution < -0.4 is 5.32 Å². The monoisotopic (exact) mass is 252 g/mol. The lowest BCUT2D eigenvalue weighted by Gasteiger charge is -2.19. The Hall–Kier alpha value is -0.940. The van der Waals surface area contributed by atoms with Crippen molar-refractivity contribution in [2.75, 3.05) is 26.7 Å². The van der Waals surface area contributed by atoms with Crippen molar-refractivity contribution in [3.8, 4) is 0 Å². The van der Waals surface area contributed by atoms with E-state index in [-0.39, 0.29) is 0 Å². The topological polar surface area (TPSA) is 54.2 Å². The second kappa shape index (κ2) is 6.29. The minimum atomic E-state index is 0.453. The molecule has 1 unspecified atom stereocenters. The van der Waals surface area contributed by atoms with E-state index in [1.54, 1.807) is 0 Å². The quantitative estimate of drug-likeness (QED) is 0.776. The molecule has 1 aliphatic heterocycles. The first-order valence-electron chi connectivity index (χ1n) is 6.92. The maximum Gasteiger partial charge on any atom is 0.226 e. The van der Waals surface area contributed by atoms with Crippen LogP contribution in [-0.2, 0) is 6.42 Å². The zero-order valence-electron chi connectivity index (χ0n) is 11.6. The number of likely N-dealkylation sites (tertiary alicyclic amines) is 1. The van der Waals surface area contributed by atoms with Crippen molar-refractivity contribution in [3.05, 3.63) is 11.7 Å². The predicted octanol–water partition coefficient (Wildman–Crippen LogP) is 1.42. The summed E-state index contributed by atoms with van der Waals surface area (Å²) >= 11 is 0. The number of aryl methyl sites for hydroxylation is 1. The molecule has 1 N–H and O–H groups in total. The highest BCUT2D eigenvalue weighted by Gasteiger charge is 2.28. The van der Waals surface area contributed by atoms with Gasteiger partial charge in [0.15, 0.2) is 5.82 Å². The minimum Gasteiger partial charge on any atom is -0.339 e. The molecular weight excluding hydrogens is 228 g/mol. The van der Waals surface area contributed by atoms with E-state index in [1.807, 2.05) is 7.05 Å². The van der Waals surface area contributed by atoms with Crippen LogP contribution in [0.4, 0.5) is 0 Å². The molecule has 0 radical (unpaired) electrons. The maximum absolute atomic E-state index is 5.31. The third-order valence-electron chi connectivity index (χ3n) is 3.62. The van der Waals surface area contributed by atoms with Crippen LogP contribution in [0.3, 0.4) is 0 Å². The highest BCUT2D eigenvalue weighted by molar-refractivity contribution is 5.00. The Morgan fingerprint density at radius 3 is 3.00 bits per heavy atom. The lowest BCUT2D eigenvalue weighted by atomic mass is 10.1. The summed E-state index contributed by atoms with van der Waals surface area (Å²) in [7, 11) is 1.96. The van der Waals surface area contributed by atoms with Crippen molar-refractivity contribution in [3.63, 3.8) is 0 Å². The van der Waals surface area contributed by atoms with E-state index < -0.39 is 0 Å². The Labute approximate surface area is 109 Å². The summed E-state index contributed by atoms with van der Waals surface area (Å²) in [5.41, 5.74) is 0. The van der Waals surface area contributed by atoms with Gasteiger partial charge in [0.05, 0.1) is 0 Å². The third-order valence-corrected chi connectivity index (χ3v) is 3.62. The zero-order valence-corrected chi connectivity index (χ0v) is 11.6. The highest BCUT2D eigenvalue weighted by Crippen LogP contribution is 2.26. The molecule has 5 nitrogen and oxygen atoms in total. The number of nitrogens with zero attached hydrogens (tertiary/aromatic N) is 3. The van der Waals surface area contributed by atoms with E-state index in [4.69, 9.17) is 4.52 Å². The van der Waals surface area contributed by atoms with E-state index in [1.165, 1.54) is 0 Å². The summed E-state index contributed by atoms with van der Waals surface area (Å²) in [4.78, 5) is 7.00. The molecule has 1 aromatic rings. The Bertz CT molecular complexity index is 364. The van der Waals surface area contributed by atoms with Crippen molar-refractivity contribution in [1.29, 1.82) is 0 Å². The fraction of sp³-hybridized carbons (Fsp3) is 0.846. The molecule has 0 saturated carbocycles. The third kappa shape index (κ3) is 3.29. The summed E-state index contributed by atoms with van der Waals surface area (Å²) in [5, 5.41) is 7.26. The molecule has 0 aliphatic carbocycles. The molecule has 1 fully saturated rings. The van der Waals surface area contributed by atoms with Gasteiger partial charge in [-0.1, -0.05) is 5.16 Å². The molecule has 1 aliphatic rings. The molecule has 0 amide bonds. The molecule has 0 spiro atoms. The largest absolute Gasteiger partial charge is 0.339 e. The SMILES string of the molecule is CNCCCc1nc(C2CCN(C(C)C)C2)no1. The van der Waals surface area contributed by atoms with E-state index in [9.17, 15) is 0 Å². The normalized spacial score (nSPS) is 21.0. The van der Waals surface area contributed by atoms with Crippen molar-refractivity contribution < 1.29 is 4.52 Å². The Morgan fingerprint density at radius 2 is 2.33 bits per heavy atom. The van der Waals surface area contributed by atoms with Crippen molar-refractivity contribution in [2.45, 2.75) is 45.1 Å². The van der Waals surface area contributed by atoms with Crippen LogP contribution in [0, 0.1) is 0 Å². The van der Waals surface area contributed by atoms with Crippen LogP contribution in [0.1, 0.15) is 44.3 Å².